The molecule has 1 aromatic rings. The van der Waals surface area contributed by atoms with Crippen molar-refractivity contribution in [3.05, 3.63) is 35.9 Å². The molecule has 1 saturated heterocycles. The largest absolute Gasteiger partial charge is 0.273 e. The van der Waals surface area contributed by atoms with Crippen molar-refractivity contribution in [3.63, 3.8) is 0 Å². The third-order valence-electron chi connectivity index (χ3n) is 8.09. The van der Waals surface area contributed by atoms with Crippen LogP contribution in [0.25, 0.3) is 0 Å². The number of benzene rings is 1. The summed E-state index contributed by atoms with van der Waals surface area (Å²) < 4.78 is 28.9. The predicted octanol–water partition coefficient (Wildman–Crippen LogP) is 4.29. The van der Waals surface area contributed by atoms with Crippen LogP contribution in [-0.2, 0) is 21.2 Å². The zero-order valence-corrected chi connectivity index (χ0v) is 21.2. The Morgan fingerprint density at radius 3 is 2.52 bits per heavy atom. The number of fused-ring (bicyclic) bond motifs is 1. The van der Waals surface area contributed by atoms with Gasteiger partial charge in [0, 0.05) is 5.41 Å². The van der Waals surface area contributed by atoms with Gasteiger partial charge in [-0.05, 0) is 55.1 Å². The Labute approximate surface area is 194 Å². The van der Waals surface area contributed by atoms with Gasteiger partial charge in [0.25, 0.3) is 0 Å². The van der Waals surface area contributed by atoms with Crippen LogP contribution in [0.15, 0.2) is 35.3 Å². The first kappa shape index (κ1) is 23.2. The summed E-state index contributed by atoms with van der Waals surface area (Å²) in [4.78, 5) is 18.5. The number of sulfonamides is 1. The van der Waals surface area contributed by atoms with E-state index in [9.17, 15) is 13.2 Å². The highest BCUT2D eigenvalue weighted by molar-refractivity contribution is 8.38. The van der Waals surface area contributed by atoms with Gasteiger partial charge in [0.15, 0.2) is 0 Å². The second-order valence-electron chi connectivity index (χ2n) is 9.66. The predicted molar refractivity (Wildman–Crippen MR) is 131 cm³/mol. The Balaban J connectivity index is 1.67. The zero-order chi connectivity index (χ0) is 22.4. The van der Waals surface area contributed by atoms with E-state index in [0.29, 0.717) is 18.9 Å². The zero-order valence-electron chi connectivity index (χ0n) is 18.7. The van der Waals surface area contributed by atoms with E-state index in [2.05, 4.69) is 18.8 Å². The molecule has 1 heterocycles. The lowest BCUT2D eigenvalue weighted by atomic mass is 9.69. The minimum absolute atomic E-state index is 0.0439. The summed E-state index contributed by atoms with van der Waals surface area (Å²) in [5.74, 6) is -0.140. The van der Waals surface area contributed by atoms with Crippen molar-refractivity contribution in [1.29, 1.82) is 0 Å². The number of nitrogens with zero attached hydrogens (tertiary/aromatic N) is 2. The summed E-state index contributed by atoms with van der Waals surface area (Å²) in [7, 11) is -3.62. The standard InChI is InChI=1S/C23H32N2O3S3/c1-22(2)18-10-11-23(22)15-31(27,28)25(19(23)13-18)20(26)17(14-24-21(29-3)30-4)12-16-8-6-5-7-9-16/h5-9,17-19H,10-15H2,1-4H3/t17-,18-,19-,23-/m1/s1. The molecule has 3 fully saturated rings. The Morgan fingerprint density at radius 2 is 1.90 bits per heavy atom. The van der Waals surface area contributed by atoms with Crippen LogP contribution in [-0.4, -0.2) is 53.9 Å². The summed E-state index contributed by atoms with van der Waals surface area (Å²) in [5, 5.41) is 0. The van der Waals surface area contributed by atoms with Gasteiger partial charge in [-0.2, -0.15) is 0 Å². The number of amides is 1. The van der Waals surface area contributed by atoms with Crippen molar-refractivity contribution in [2.75, 3.05) is 24.8 Å². The monoisotopic (exact) mass is 480 g/mol. The third-order valence-corrected chi connectivity index (χ3v) is 12.0. The SMILES string of the molecule is CSC(=NC[C@@H](Cc1ccccc1)C(=O)N1[C@@H]2C[C@H]3CC[C@]2(CS1(=O)=O)C3(C)C)SC. The highest BCUT2D eigenvalue weighted by atomic mass is 32.2. The minimum atomic E-state index is -3.62. The molecule has 1 aromatic carbocycles. The Hall–Kier alpha value is -0.990. The van der Waals surface area contributed by atoms with Gasteiger partial charge in [-0.1, -0.05) is 44.2 Å². The Kier molecular flexibility index (Phi) is 6.29. The molecule has 8 heteroatoms. The second kappa shape index (κ2) is 8.41. The van der Waals surface area contributed by atoms with Gasteiger partial charge in [0.2, 0.25) is 15.9 Å². The first-order chi connectivity index (χ1) is 14.7. The lowest BCUT2D eigenvalue weighted by Gasteiger charge is -2.37. The molecule has 31 heavy (non-hydrogen) atoms. The quantitative estimate of drug-likeness (QED) is 0.464. The van der Waals surface area contributed by atoms with Crippen LogP contribution < -0.4 is 0 Å². The third kappa shape index (κ3) is 3.76. The Bertz CT molecular complexity index is 971. The topological polar surface area (TPSA) is 66.8 Å². The fourth-order valence-electron chi connectivity index (χ4n) is 6.28. The van der Waals surface area contributed by atoms with Crippen molar-refractivity contribution >= 4 is 43.8 Å². The number of carbonyl (C=O) groups is 1. The number of hydrogen-bond donors (Lipinski definition) is 0. The number of aliphatic imine (C=N–C) groups is 1. The van der Waals surface area contributed by atoms with Gasteiger partial charge < -0.3 is 0 Å². The molecule has 0 unspecified atom stereocenters. The van der Waals surface area contributed by atoms with Gasteiger partial charge >= 0.3 is 0 Å². The summed E-state index contributed by atoms with van der Waals surface area (Å²) in [6.07, 6.45) is 7.22. The number of carbonyl (C=O) groups excluding carboxylic acids is 1. The molecule has 0 aromatic heterocycles. The van der Waals surface area contributed by atoms with Crippen LogP contribution in [0.2, 0.25) is 0 Å². The molecule has 170 valence electrons. The molecule has 5 nitrogen and oxygen atoms in total. The highest BCUT2D eigenvalue weighted by Crippen LogP contribution is 2.70. The number of rotatable bonds is 5. The second-order valence-corrected chi connectivity index (χ2v) is 13.4. The highest BCUT2D eigenvalue weighted by Gasteiger charge is 2.72. The van der Waals surface area contributed by atoms with E-state index in [1.54, 1.807) is 23.5 Å². The van der Waals surface area contributed by atoms with Gasteiger partial charge in [-0.15, -0.1) is 23.5 Å². The molecule has 0 radical (unpaired) electrons. The van der Waals surface area contributed by atoms with E-state index in [1.807, 2.05) is 42.8 Å². The van der Waals surface area contributed by atoms with Gasteiger partial charge in [0.05, 0.1) is 24.3 Å². The van der Waals surface area contributed by atoms with E-state index in [-0.39, 0.29) is 28.5 Å². The number of thioether (sulfide) groups is 2. The molecule has 3 aliphatic rings. The maximum absolute atomic E-state index is 13.8. The van der Waals surface area contributed by atoms with Crippen molar-refractivity contribution in [3.8, 4) is 0 Å². The van der Waals surface area contributed by atoms with Crippen molar-refractivity contribution in [1.82, 2.24) is 4.31 Å². The summed E-state index contributed by atoms with van der Waals surface area (Å²) in [6, 6.07) is 9.65. The van der Waals surface area contributed by atoms with Crippen LogP contribution in [0.3, 0.4) is 0 Å². The van der Waals surface area contributed by atoms with Crippen molar-refractivity contribution in [2.24, 2.45) is 27.7 Å². The summed E-state index contributed by atoms with van der Waals surface area (Å²) >= 11 is 3.11. The van der Waals surface area contributed by atoms with Crippen molar-refractivity contribution < 1.29 is 13.2 Å². The molecule has 0 N–H and O–H groups in total. The average molecular weight is 481 g/mol. The van der Waals surface area contributed by atoms with Crippen LogP contribution in [0.5, 0.6) is 0 Å². The lowest BCUT2D eigenvalue weighted by molar-refractivity contribution is -0.132. The fourth-order valence-corrected chi connectivity index (χ4v) is 9.96. The maximum atomic E-state index is 13.8. The molecule has 4 rings (SSSR count). The normalized spacial score (nSPS) is 30.8. The first-order valence-electron chi connectivity index (χ1n) is 10.9. The molecular weight excluding hydrogens is 448 g/mol. The molecule has 2 aliphatic carbocycles. The maximum Gasteiger partial charge on any atom is 0.241 e. The van der Waals surface area contributed by atoms with E-state index in [1.165, 1.54) is 4.31 Å². The summed E-state index contributed by atoms with van der Waals surface area (Å²) in [5.41, 5.74) is 0.694. The van der Waals surface area contributed by atoms with E-state index >= 15 is 0 Å². The van der Waals surface area contributed by atoms with Gasteiger partial charge in [-0.3, -0.25) is 9.79 Å². The van der Waals surface area contributed by atoms with Crippen LogP contribution in [0.1, 0.15) is 38.7 Å². The summed E-state index contributed by atoms with van der Waals surface area (Å²) in [6.45, 7) is 4.73. The van der Waals surface area contributed by atoms with Crippen LogP contribution in [0.4, 0.5) is 0 Å². The van der Waals surface area contributed by atoms with E-state index < -0.39 is 15.9 Å². The first-order valence-corrected chi connectivity index (χ1v) is 14.9. The molecule has 1 amide bonds. The smallest absolute Gasteiger partial charge is 0.241 e. The fraction of sp³-hybridized carbons (Fsp3) is 0.652. The molecule has 2 bridgehead atoms. The van der Waals surface area contributed by atoms with E-state index in [0.717, 1.165) is 29.2 Å². The molecule has 2 saturated carbocycles. The molecule has 1 aliphatic heterocycles. The van der Waals surface area contributed by atoms with Crippen molar-refractivity contribution in [2.45, 2.75) is 45.6 Å². The average Bonchev–Trinajstić information content (AvgIpc) is 3.21. The van der Waals surface area contributed by atoms with Gasteiger partial charge in [-0.25, -0.2) is 12.7 Å². The lowest BCUT2D eigenvalue weighted by Crippen LogP contribution is -2.47. The van der Waals surface area contributed by atoms with Gasteiger partial charge in [0.1, 0.15) is 4.38 Å². The van der Waals surface area contributed by atoms with Crippen LogP contribution >= 0.6 is 23.5 Å². The molecular formula is C23H32N2O3S3. The number of hydrogen-bond acceptors (Lipinski definition) is 6. The van der Waals surface area contributed by atoms with Crippen LogP contribution in [0, 0.1) is 22.7 Å². The minimum Gasteiger partial charge on any atom is -0.273 e. The molecule has 4 atom stereocenters. The molecule has 1 spiro atoms. The van der Waals surface area contributed by atoms with E-state index in [4.69, 9.17) is 0 Å². The Morgan fingerprint density at radius 1 is 1.23 bits per heavy atom.